The van der Waals surface area contributed by atoms with Gasteiger partial charge in [0.2, 0.25) is 0 Å². The molecule has 1 rings (SSSR count). The number of nitrogens with zero attached hydrogens (tertiary/aromatic N) is 1. The maximum Gasteiger partial charge on any atom is 0.306 e. The Morgan fingerprint density at radius 3 is 2.33 bits per heavy atom. The first kappa shape index (κ1) is 12.5. The number of carboxylic acid groups (broad SMARTS) is 1. The Bertz CT molecular complexity index is 198. The first-order valence-corrected chi connectivity index (χ1v) is 6.06. The molecular formula is C12H23NO2. The molecule has 1 atom stereocenters. The predicted octanol–water partition coefficient (Wildman–Crippen LogP) is 2.22. The molecule has 0 amide bonds. The highest BCUT2D eigenvalue weighted by Crippen LogP contribution is 2.17. The summed E-state index contributed by atoms with van der Waals surface area (Å²) in [6, 6.07) is 0. The summed E-state index contributed by atoms with van der Waals surface area (Å²) in [5.41, 5.74) is 0. The molecule has 0 aromatic heterocycles. The Hall–Kier alpha value is -0.570. The standard InChI is InChI=1S/C12H23NO2/c1-10(2)11(12(14)15)6-9-13-7-4-3-5-8-13/h10-11H,3-9H2,1-2H3,(H,14,15). The van der Waals surface area contributed by atoms with E-state index in [1.54, 1.807) is 0 Å². The van der Waals surface area contributed by atoms with Crippen molar-refractivity contribution < 1.29 is 9.90 Å². The van der Waals surface area contributed by atoms with Crippen LogP contribution in [0.3, 0.4) is 0 Å². The topological polar surface area (TPSA) is 40.5 Å². The molecule has 1 saturated heterocycles. The van der Waals surface area contributed by atoms with E-state index in [0.29, 0.717) is 0 Å². The molecule has 1 unspecified atom stereocenters. The van der Waals surface area contributed by atoms with E-state index in [9.17, 15) is 4.79 Å². The van der Waals surface area contributed by atoms with Gasteiger partial charge in [0.15, 0.2) is 0 Å². The summed E-state index contributed by atoms with van der Waals surface area (Å²) in [7, 11) is 0. The van der Waals surface area contributed by atoms with Gasteiger partial charge in [-0.2, -0.15) is 0 Å². The average Bonchev–Trinajstić information content (AvgIpc) is 2.18. The van der Waals surface area contributed by atoms with Crippen molar-refractivity contribution >= 4 is 5.97 Å². The summed E-state index contributed by atoms with van der Waals surface area (Å²) in [6.07, 6.45) is 4.69. The summed E-state index contributed by atoms with van der Waals surface area (Å²) in [5.74, 6) is -0.568. The van der Waals surface area contributed by atoms with Crippen LogP contribution in [0.1, 0.15) is 39.5 Å². The number of carbonyl (C=O) groups is 1. The summed E-state index contributed by atoms with van der Waals surface area (Å²) in [4.78, 5) is 13.4. The van der Waals surface area contributed by atoms with E-state index < -0.39 is 5.97 Å². The van der Waals surface area contributed by atoms with Gasteiger partial charge in [-0.1, -0.05) is 20.3 Å². The molecule has 1 aliphatic heterocycles. The second-order valence-corrected chi connectivity index (χ2v) is 4.88. The van der Waals surface area contributed by atoms with Crippen molar-refractivity contribution in [2.75, 3.05) is 19.6 Å². The van der Waals surface area contributed by atoms with Crippen LogP contribution in [-0.4, -0.2) is 35.6 Å². The fraction of sp³-hybridized carbons (Fsp3) is 0.917. The van der Waals surface area contributed by atoms with Crippen LogP contribution in [0.25, 0.3) is 0 Å². The number of carboxylic acids is 1. The van der Waals surface area contributed by atoms with Gasteiger partial charge in [-0.25, -0.2) is 0 Å². The first-order valence-electron chi connectivity index (χ1n) is 6.06. The zero-order chi connectivity index (χ0) is 11.3. The lowest BCUT2D eigenvalue weighted by molar-refractivity contribution is -0.143. The Kier molecular flexibility index (Phi) is 5.09. The minimum Gasteiger partial charge on any atom is -0.481 e. The van der Waals surface area contributed by atoms with Crippen molar-refractivity contribution in [3.05, 3.63) is 0 Å². The van der Waals surface area contributed by atoms with E-state index in [1.165, 1.54) is 19.3 Å². The minimum atomic E-state index is -0.637. The van der Waals surface area contributed by atoms with Gasteiger partial charge in [-0.05, 0) is 44.8 Å². The van der Waals surface area contributed by atoms with Gasteiger partial charge < -0.3 is 10.0 Å². The average molecular weight is 213 g/mol. The zero-order valence-corrected chi connectivity index (χ0v) is 9.91. The second-order valence-electron chi connectivity index (χ2n) is 4.88. The highest BCUT2D eigenvalue weighted by molar-refractivity contribution is 5.70. The first-order chi connectivity index (χ1) is 7.11. The van der Waals surface area contributed by atoms with Gasteiger partial charge >= 0.3 is 5.97 Å². The summed E-state index contributed by atoms with van der Waals surface area (Å²) >= 11 is 0. The lowest BCUT2D eigenvalue weighted by Crippen LogP contribution is -2.33. The van der Waals surface area contributed by atoms with Crippen LogP contribution in [0.5, 0.6) is 0 Å². The summed E-state index contributed by atoms with van der Waals surface area (Å²) in [6.45, 7) is 7.26. The van der Waals surface area contributed by atoms with Gasteiger partial charge in [0.05, 0.1) is 5.92 Å². The fourth-order valence-corrected chi connectivity index (χ4v) is 2.25. The highest BCUT2D eigenvalue weighted by Gasteiger charge is 2.22. The maximum atomic E-state index is 11.0. The van der Waals surface area contributed by atoms with Crippen molar-refractivity contribution in [3.8, 4) is 0 Å². The van der Waals surface area contributed by atoms with Crippen LogP contribution in [-0.2, 0) is 4.79 Å². The number of hydrogen-bond donors (Lipinski definition) is 1. The molecule has 3 nitrogen and oxygen atoms in total. The van der Waals surface area contributed by atoms with Crippen LogP contribution in [0, 0.1) is 11.8 Å². The number of aliphatic carboxylic acids is 1. The number of piperidine rings is 1. The largest absolute Gasteiger partial charge is 0.481 e. The van der Waals surface area contributed by atoms with Crippen molar-refractivity contribution in [1.82, 2.24) is 4.90 Å². The van der Waals surface area contributed by atoms with E-state index in [0.717, 1.165) is 26.1 Å². The fourth-order valence-electron chi connectivity index (χ4n) is 2.25. The molecule has 0 spiro atoms. The molecule has 0 aromatic rings. The van der Waals surface area contributed by atoms with Crippen molar-refractivity contribution in [1.29, 1.82) is 0 Å². The van der Waals surface area contributed by atoms with E-state index in [4.69, 9.17) is 5.11 Å². The summed E-state index contributed by atoms with van der Waals surface area (Å²) < 4.78 is 0. The second kappa shape index (κ2) is 6.11. The van der Waals surface area contributed by atoms with Gasteiger partial charge in [-0.15, -0.1) is 0 Å². The summed E-state index contributed by atoms with van der Waals surface area (Å²) in [5, 5.41) is 9.05. The molecule has 88 valence electrons. The van der Waals surface area contributed by atoms with Crippen LogP contribution in [0.2, 0.25) is 0 Å². The molecular weight excluding hydrogens is 190 g/mol. The number of hydrogen-bond acceptors (Lipinski definition) is 2. The zero-order valence-electron chi connectivity index (χ0n) is 9.91. The smallest absolute Gasteiger partial charge is 0.306 e. The van der Waals surface area contributed by atoms with E-state index in [-0.39, 0.29) is 11.8 Å². The molecule has 0 saturated carbocycles. The number of likely N-dealkylation sites (tertiary alicyclic amines) is 1. The normalized spacial score (nSPS) is 20.5. The van der Waals surface area contributed by atoms with Gasteiger partial charge in [0.25, 0.3) is 0 Å². The van der Waals surface area contributed by atoms with Gasteiger partial charge in [0, 0.05) is 0 Å². The molecule has 1 heterocycles. The molecule has 0 aromatic carbocycles. The Balaban J connectivity index is 2.29. The Morgan fingerprint density at radius 2 is 1.87 bits per heavy atom. The van der Waals surface area contributed by atoms with Crippen molar-refractivity contribution in [2.45, 2.75) is 39.5 Å². The maximum absolute atomic E-state index is 11.0. The van der Waals surface area contributed by atoms with Crippen LogP contribution in [0.4, 0.5) is 0 Å². The van der Waals surface area contributed by atoms with Gasteiger partial charge in [0.1, 0.15) is 0 Å². The monoisotopic (exact) mass is 213 g/mol. The predicted molar refractivity (Wildman–Crippen MR) is 60.9 cm³/mol. The molecule has 3 heteroatoms. The highest BCUT2D eigenvalue weighted by atomic mass is 16.4. The van der Waals surface area contributed by atoms with E-state index in [2.05, 4.69) is 4.90 Å². The lowest BCUT2D eigenvalue weighted by Gasteiger charge is -2.28. The minimum absolute atomic E-state index is 0.174. The van der Waals surface area contributed by atoms with Crippen molar-refractivity contribution in [2.24, 2.45) is 11.8 Å². The molecule has 0 bridgehead atoms. The number of rotatable bonds is 5. The third kappa shape index (κ3) is 4.20. The molecule has 0 radical (unpaired) electrons. The molecule has 1 aliphatic rings. The molecule has 1 fully saturated rings. The van der Waals surface area contributed by atoms with Crippen LogP contribution >= 0.6 is 0 Å². The third-order valence-corrected chi connectivity index (χ3v) is 3.33. The lowest BCUT2D eigenvalue weighted by atomic mass is 9.92. The Morgan fingerprint density at radius 1 is 1.27 bits per heavy atom. The van der Waals surface area contributed by atoms with Crippen LogP contribution < -0.4 is 0 Å². The molecule has 15 heavy (non-hydrogen) atoms. The Labute approximate surface area is 92.5 Å². The van der Waals surface area contributed by atoms with E-state index >= 15 is 0 Å². The van der Waals surface area contributed by atoms with Crippen LogP contribution in [0.15, 0.2) is 0 Å². The molecule has 1 N–H and O–H groups in total. The quantitative estimate of drug-likeness (QED) is 0.761. The SMILES string of the molecule is CC(C)C(CCN1CCCCC1)C(=O)O. The molecule has 0 aliphatic carbocycles. The third-order valence-electron chi connectivity index (χ3n) is 3.33. The van der Waals surface area contributed by atoms with E-state index in [1.807, 2.05) is 13.8 Å². The van der Waals surface area contributed by atoms with Crippen molar-refractivity contribution in [3.63, 3.8) is 0 Å². The van der Waals surface area contributed by atoms with Gasteiger partial charge in [-0.3, -0.25) is 4.79 Å².